The lowest BCUT2D eigenvalue weighted by Crippen LogP contribution is -2.54. The first-order valence-corrected chi connectivity index (χ1v) is 8.30. The number of carboxylic acids is 1. The van der Waals surface area contributed by atoms with E-state index in [1.54, 1.807) is 12.1 Å². The SMILES string of the molecule is C[C@@H](O)[C@@H]1NC(=O)C[C@@H](C(=O)O)NC(=O)c2ccccc2OCCNC1=O. The second kappa shape index (κ2) is 8.99. The predicted octanol–water partition coefficient (Wildman–Crippen LogP) is -1.37. The number of carbonyl (C=O) groups excluding carboxylic acids is 3. The van der Waals surface area contributed by atoms with Gasteiger partial charge in [0, 0.05) is 0 Å². The molecular formula is C17H21N3O7. The summed E-state index contributed by atoms with van der Waals surface area (Å²) < 4.78 is 5.49. The Labute approximate surface area is 154 Å². The Balaban J connectivity index is 2.31. The zero-order valence-corrected chi connectivity index (χ0v) is 14.6. The quantitative estimate of drug-likeness (QED) is 0.425. The van der Waals surface area contributed by atoms with E-state index in [9.17, 15) is 29.4 Å². The number of hydrogen-bond acceptors (Lipinski definition) is 6. The van der Waals surface area contributed by atoms with Gasteiger partial charge < -0.3 is 30.9 Å². The Morgan fingerprint density at radius 1 is 1.22 bits per heavy atom. The number of fused-ring (bicyclic) bond motifs is 1. The molecule has 3 amide bonds. The number of hydrogen-bond donors (Lipinski definition) is 5. The van der Waals surface area contributed by atoms with Crippen LogP contribution >= 0.6 is 0 Å². The van der Waals surface area contributed by atoms with Gasteiger partial charge in [-0.25, -0.2) is 4.79 Å². The summed E-state index contributed by atoms with van der Waals surface area (Å²) in [6, 6.07) is 3.42. The van der Waals surface area contributed by atoms with E-state index in [0.29, 0.717) is 0 Å². The molecule has 0 bridgehead atoms. The number of amides is 3. The van der Waals surface area contributed by atoms with E-state index >= 15 is 0 Å². The van der Waals surface area contributed by atoms with Gasteiger partial charge in [-0.3, -0.25) is 14.4 Å². The molecule has 1 aliphatic rings. The molecule has 5 N–H and O–H groups in total. The lowest BCUT2D eigenvalue weighted by atomic mass is 10.1. The van der Waals surface area contributed by atoms with Crippen molar-refractivity contribution in [1.82, 2.24) is 16.0 Å². The third kappa shape index (κ3) is 5.42. The molecule has 10 heteroatoms. The van der Waals surface area contributed by atoms with E-state index < -0.39 is 48.3 Å². The first kappa shape index (κ1) is 20.2. The van der Waals surface area contributed by atoms with Crippen molar-refractivity contribution in [1.29, 1.82) is 0 Å². The van der Waals surface area contributed by atoms with Gasteiger partial charge in [0.25, 0.3) is 5.91 Å². The van der Waals surface area contributed by atoms with Crippen LogP contribution in [0, 0.1) is 0 Å². The third-order valence-corrected chi connectivity index (χ3v) is 3.86. The molecule has 10 nitrogen and oxygen atoms in total. The Morgan fingerprint density at radius 3 is 2.59 bits per heavy atom. The second-order valence-corrected chi connectivity index (χ2v) is 5.99. The van der Waals surface area contributed by atoms with Crippen molar-refractivity contribution >= 4 is 23.7 Å². The Bertz CT molecular complexity index is 735. The number of ether oxygens (including phenoxy) is 1. The van der Waals surface area contributed by atoms with Gasteiger partial charge in [-0.2, -0.15) is 0 Å². The second-order valence-electron chi connectivity index (χ2n) is 5.99. The smallest absolute Gasteiger partial charge is 0.326 e. The van der Waals surface area contributed by atoms with Crippen molar-refractivity contribution in [3.05, 3.63) is 29.8 Å². The topological polar surface area (TPSA) is 154 Å². The first-order chi connectivity index (χ1) is 12.8. The number of aliphatic hydroxyl groups is 1. The average molecular weight is 379 g/mol. The molecule has 0 unspecified atom stereocenters. The van der Waals surface area contributed by atoms with Crippen LogP contribution in [0.3, 0.4) is 0 Å². The highest BCUT2D eigenvalue weighted by Crippen LogP contribution is 2.18. The number of para-hydroxylation sites is 1. The minimum Gasteiger partial charge on any atom is -0.491 e. The molecule has 0 radical (unpaired) electrons. The van der Waals surface area contributed by atoms with E-state index in [-0.39, 0.29) is 24.5 Å². The summed E-state index contributed by atoms with van der Waals surface area (Å²) >= 11 is 0. The molecule has 0 spiro atoms. The highest BCUT2D eigenvalue weighted by molar-refractivity contribution is 6.00. The fourth-order valence-electron chi connectivity index (χ4n) is 2.48. The molecule has 1 heterocycles. The van der Waals surface area contributed by atoms with Crippen LogP contribution in [0.2, 0.25) is 0 Å². The van der Waals surface area contributed by atoms with Gasteiger partial charge in [-0.15, -0.1) is 0 Å². The van der Waals surface area contributed by atoms with Crippen LogP contribution < -0.4 is 20.7 Å². The normalized spacial score (nSPS) is 22.8. The zero-order valence-electron chi connectivity index (χ0n) is 14.6. The minimum absolute atomic E-state index is 0.0267. The standard InChI is InChI=1S/C17H21N3O7/c1-9(21)14-16(24)18-6-7-27-12-5-3-2-4-10(12)15(23)19-11(17(25)26)8-13(22)20-14/h2-5,9,11,14,21H,6-8H2,1H3,(H,18,24)(H,19,23)(H,20,22)(H,25,26)/t9-,11+,14+/m1/s1. The average Bonchev–Trinajstić information content (AvgIpc) is 2.61. The number of aliphatic carboxylic acids is 1. The lowest BCUT2D eigenvalue weighted by molar-refractivity contribution is -0.141. The first-order valence-electron chi connectivity index (χ1n) is 8.30. The summed E-state index contributed by atoms with van der Waals surface area (Å²) in [5.74, 6) is -3.35. The molecule has 0 saturated heterocycles. The Kier molecular flexibility index (Phi) is 6.72. The van der Waals surface area contributed by atoms with E-state index in [2.05, 4.69) is 16.0 Å². The maximum Gasteiger partial charge on any atom is 0.326 e. The van der Waals surface area contributed by atoms with Crippen molar-refractivity contribution in [3.8, 4) is 5.75 Å². The molecule has 1 aliphatic heterocycles. The molecule has 1 aromatic carbocycles. The minimum atomic E-state index is -1.52. The van der Waals surface area contributed by atoms with Gasteiger partial charge >= 0.3 is 5.97 Å². The van der Waals surface area contributed by atoms with Gasteiger partial charge in [-0.05, 0) is 19.1 Å². The van der Waals surface area contributed by atoms with Crippen molar-refractivity contribution in [2.75, 3.05) is 13.2 Å². The molecule has 0 fully saturated rings. The van der Waals surface area contributed by atoms with Crippen molar-refractivity contribution < 1.29 is 34.1 Å². The third-order valence-electron chi connectivity index (χ3n) is 3.86. The lowest BCUT2D eigenvalue weighted by Gasteiger charge is -2.23. The molecule has 1 aromatic rings. The summed E-state index contributed by atoms with van der Waals surface area (Å²) in [5.41, 5.74) is 0.106. The molecule has 27 heavy (non-hydrogen) atoms. The number of carbonyl (C=O) groups is 4. The number of benzene rings is 1. The van der Waals surface area contributed by atoms with Crippen LogP contribution in [0.1, 0.15) is 23.7 Å². The molecule has 0 aromatic heterocycles. The maximum absolute atomic E-state index is 12.4. The largest absolute Gasteiger partial charge is 0.491 e. The predicted molar refractivity (Wildman–Crippen MR) is 92.1 cm³/mol. The van der Waals surface area contributed by atoms with Crippen LogP contribution in [0.25, 0.3) is 0 Å². The molecule has 146 valence electrons. The van der Waals surface area contributed by atoms with Gasteiger partial charge in [0.15, 0.2) is 0 Å². The van der Waals surface area contributed by atoms with E-state index in [0.717, 1.165) is 0 Å². The Morgan fingerprint density at radius 2 is 1.93 bits per heavy atom. The summed E-state index contributed by atoms with van der Waals surface area (Å²) in [6.07, 6.45) is -1.82. The zero-order chi connectivity index (χ0) is 20.0. The highest BCUT2D eigenvalue weighted by Gasteiger charge is 2.30. The van der Waals surface area contributed by atoms with Crippen molar-refractivity contribution in [2.24, 2.45) is 0 Å². The van der Waals surface area contributed by atoms with Crippen LogP contribution in [0.15, 0.2) is 24.3 Å². The number of aliphatic hydroxyl groups excluding tert-OH is 1. The fourth-order valence-corrected chi connectivity index (χ4v) is 2.48. The molecule has 2 rings (SSSR count). The van der Waals surface area contributed by atoms with E-state index in [1.165, 1.54) is 19.1 Å². The Hall–Kier alpha value is -3.14. The van der Waals surface area contributed by atoms with Crippen LogP contribution in [0.5, 0.6) is 5.75 Å². The van der Waals surface area contributed by atoms with E-state index in [4.69, 9.17) is 4.74 Å². The van der Waals surface area contributed by atoms with Gasteiger partial charge in [0.05, 0.1) is 24.6 Å². The van der Waals surface area contributed by atoms with Crippen molar-refractivity contribution in [2.45, 2.75) is 31.5 Å². The van der Waals surface area contributed by atoms with E-state index in [1.807, 2.05) is 0 Å². The summed E-state index contributed by atoms with van der Waals surface area (Å²) in [7, 11) is 0. The number of nitrogens with one attached hydrogen (secondary N) is 3. The van der Waals surface area contributed by atoms with Crippen LogP contribution in [-0.4, -0.2) is 65.2 Å². The maximum atomic E-state index is 12.4. The fraction of sp³-hybridized carbons (Fsp3) is 0.412. The number of rotatable bonds is 2. The van der Waals surface area contributed by atoms with Gasteiger partial charge in [-0.1, -0.05) is 12.1 Å². The van der Waals surface area contributed by atoms with Crippen molar-refractivity contribution in [3.63, 3.8) is 0 Å². The summed E-state index contributed by atoms with van der Waals surface area (Å²) in [6.45, 7) is 1.42. The van der Waals surface area contributed by atoms with Gasteiger partial charge in [0.1, 0.15) is 24.4 Å². The summed E-state index contributed by atoms with van der Waals surface area (Å²) in [4.78, 5) is 48.1. The molecule has 0 saturated carbocycles. The molecule has 3 atom stereocenters. The molecular weight excluding hydrogens is 358 g/mol. The highest BCUT2D eigenvalue weighted by atomic mass is 16.5. The monoisotopic (exact) mass is 379 g/mol. The molecule has 0 aliphatic carbocycles. The summed E-state index contributed by atoms with van der Waals surface area (Å²) in [5, 5.41) is 26.1. The number of carboxylic acid groups (broad SMARTS) is 1. The van der Waals surface area contributed by atoms with Crippen LogP contribution in [-0.2, 0) is 14.4 Å². The van der Waals surface area contributed by atoms with Crippen LogP contribution in [0.4, 0.5) is 0 Å². The van der Waals surface area contributed by atoms with Gasteiger partial charge in [0.2, 0.25) is 11.8 Å².